The van der Waals surface area contributed by atoms with Crippen LogP contribution in [0.15, 0.2) is 36.4 Å². The average Bonchev–Trinajstić information content (AvgIpc) is 3.57. The number of benzene rings is 2. The maximum atomic E-state index is 14.4. The largest absolute Gasteiger partial charge is 0.427 e. The Bertz CT molecular complexity index is 1460. The van der Waals surface area contributed by atoms with Gasteiger partial charge in [-0.1, -0.05) is 18.2 Å². The first-order valence-corrected chi connectivity index (χ1v) is 13.8. The summed E-state index contributed by atoms with van der Waals surface area (Å²) in [6.45, 7) is 0.531. The molecule has 2 aromatic rings. The minimum atomic E-state index is -4.70. The first-order chi connectivity index (χ1) is 20.0. The third-order valence-corrected chi connectivity index (χ3v) is 8.51. The van der Waals surface area contributed by atoms with Gasteiger partial charge in [0.15, 0.2) is 0 Å². The topological polar surface area (TPSA) is 117 Å². The maximum Gasteiger partial charge on any atom is 0.415 e. The monoisotopic (exact) mass is 588 g/mol. The zero-order chi connectivity index (χ0) is 29.8. The van der Waals surface area contributed by atoms with Gasteiger partial charge in [-0.15, -0.1) is 0 Å². The normalized spacial score (nSPS) is 22.3. The van der Waals surface area contributed by atoms with Crippen molar-refractivity contribution in [2.75, 3.05) is 18.4 Å². The number of alkyl carbamates (subject to hydrolysis) is 1. The number of rotatable bonds is 8. The van der Waals surface area contributed by atoms with Gasteiger partial charge in [-0.25, -0.2) is 9.18 Å². The Kier molecular flexibility index (Phi) is 6.95. The highest BCUT2D eigenvalue weighted by atomic mass is 19.4. The van der Waals surface area contributed by atoms with E-state index in [0.717, 1.165) is 17.0 Å². The van der Waals surface area contributed by atoms with E-state index < -0.39 is 60.4 Å². The summed E-state index contributed by atoms with van der Waals surface area (Å²) >= 11 is 0. The first-order valence-electron chi connectivity index (χ1n) is 13.8. The number of anilines is 1. The van der Waals surface area contributed by atoms with Crippen molar-refractivity contribution >= 4 is 29.5 Å². The summed E-state index contributed by atoms with van der Waals surface area (Å²) in [5.74, 6) is -3.44. The maximum absolute atomic E-state index is 14.4. The second-order valence-corrected chi connectivity index (χ2v) is 11.3. The Hall–Kier alpha value is -4.00. The van der Waals surface area contributed by atoms with Gasteiger partial charge in [-0.2, -0.15) is 13.2 Å². The molecular formula is C29H28F4N4O5. The molecular weight excluding hydrogens is 560 g/mol. The number of fused-ring (bicyclic) bond motifs is 2. The number of halogens is 4. The van der Waals surface area contributed by atoms with Gasteiger partial charge >= 0.3 is 12.3 Å². The molecule has 2 aliphatic heterocycles. The summed E-state index contributed by atoms with van der Waals surface area (Å²) in [4.78, 5) is 52.3. The van der Waals surface area contributed by atoms with Crippen molar-refractivity contribution in [3.05, 3.63) is 64.5 Å². The van der Waals surface area contributed by atoms with Gasteiger partial charge in [0.05, 0.1) is 12.3 Å². The fourth-order valence-electron chi connectivity index (χ4n) is 6.08. The number of alkyl halides is 3. The highest BCUT2D eigenvalue weighted by Crippen LogP contribution is 2.47. The quantitative estimate of drug-likeness (QED) is 0.408. The molecule has 0 bridgehead atoms. The molecule has 4 amide bonds. The van der Waals surface area contributed by atoms with Crippen LogP contribution in [0.25, 0.3) is 0 Å². The molecule has 42 heavy (non-hydrogen) atoms. The van der Waals surface area contributed by atoms with E-state index in [1.54, 1.807) is 6.07 Å². The molecule has 0 radical (unpaired) electrons. The van der Waals surface area contributed by atoms with Crippen LogP contribution in [0.2, 0.25) is 0 Å². The molecule has 222 valence electrons. The van der Waals surface area contributed by atoms with E-state index >= 15 is 0 Å². The second-order valence-electron chi connectivity index (χ2n) is 11.3. The van der Waals surface area contributed by atoms with Gasteiger partial charge in [0.1, 0.15) is 11.9 Å². The highest BCUT2D eigenvalue weighted by Gasteiger charge is 2.56. The third kappa shape index (κ3) is 5.10. The molecule has 2 aliphatic carbocycles. The van der Waals surface area contributed by atoms with Crippen molar-refractivity contribution < 1.29 is 41.5 Å². The predicted molar refractivity (Wildman–Crippen MR) is 139 cm³/mol. The van der Waals surface area contributed by atoms with Gasteiger partial charge in [-0.05, 0) is 60.1 Å². The second kappa shape index (κ2) is 10.4. The number of ether oxygens (including phenoxy) is 1. The van der Waals surface area contributed by atoms with Crippen molar-refractivity contribution in [3.8, 4) is 0 Å². The molecule has 2 atom stereocenters. The molecule has 6 rings (SSSR count). The molecule has 1 saturated carbocycles. The Morgan fingerprint density at radius 2 is 1.81 bits per heavy atom. The van der Waals surface area contributed by atoms with Crippen LogP contribution in [0.5, 0.6) is 0 Å². The highest BCUT2D eigenvalue weighted by molar-refractivity contribution is 6.04. The number of amides is 4. The van der Waals surface area contributed by atoms with E-state index in [1.165, 1.54) is 18.2 Å². The van der Waals surface area contributed by atoms with Crippen molar-refractivity contribution in [2.24, 2.45) is 11.8 Å². The Balaban J connectivity index is 1.39. The van der Waals surface area contributed by atoms with Crippen molar-refractivity contribution in [2.45, 2.75) is 56.5 Å². The van der Waals surface area contributed by atoms with Gasteiger partial charge in [-0.3, -0.25) is 19.7 Å². The minimum absolute atomic E-state index is 0.0809. The summed E-state index contributed by atoms with van der Waals surface area (Å²) in [6.07, 6.45) is -5.22. The van der Waals surface area contributed by atoms with E-state index in [2.05, 4.69) is 16.0 Å². The van der Waals surface area contributed by atoms with E-state index in [4.69, 9.17) is 4.74 Å². The van der Waals surface area contributed by atoms with Gasteiger partial charge in [0.2, 0.25) is 17.4 Å². The molecule has 2 aromatic carbocycles. The lowest BCUT2D eigenvalue weighted by Gasteiger charge is -2.34. The summed E-state index contributed by atoms with van der Waals surface area (Å²) in [5, 5.41) is 7.94. The summed E-state index contributed by atoms with van der Waals surface area (Å²) in [6, 6.07) is 5.91. The Labute approximate surface area is 238 Å². The zero-order valence-corrected chi connectivity index (χ0v) is 22.4. The number of carbonyl (C=O) groups excluding carboxylic acids is 4. The van der Waals surface area contributed by atoms with Crippen LogP contribution < -0.4 is 16.0 Å². The van der Waals surface area contributed by atoms with Crippen LogP contribution in [0.3, 0.4) is 0 Å². The Morgan fingerprint density at radius 3 is 2.38 bits per heavy atom. The van der Waals surface area contributed by atoms with Crippen molar-refractivity contribution in [1.29, 1.82) is 0 Å². The van der Waals surface area contributed by atoms with E-state index in [9.17, 15) is 36.7 Å². The molecule has 3 fully saturated rings. The standard InChI is InChI=1S/C29H28F4N4O5/c30-18-5-1-15(2-6-18)14-37(24(16-3-4-16)29(31,32)33)23(38)11-20-19-9-10-28(26(40)36-27(41)42-28)21(19)7-8-22(20)35-25(39)17-12-34-13-17/h1-2,5-8,16-17,24,34H,3-4,9-14H2,(H,35,39)(H,36,40,41)/t24?,28-/m1/s1. The Morgan fingerprint density at radius 1 is 1.10 bits per heavy atom. The number of imide groups is 1. The van der Waals surface area contributed by atoms with E-state index in [1.807, 2.05) is 0 Å². The molecule has 9 nitrogen and oxygen atoms in total. The molecule has 13 heteroatoms. The van der Waals surface area contributed by atoms with Crippen LogP contribution in [0, 0.1) is 17.7 Å². The lowest BCUT2D eigenvalue weighted by atomic mass is 9.91. The van der Waals surface area contributed by atoms with Crippen LogP contribution in [-0.2, 0) is 44.1 Å². The number of hydrogen-bond donors (Lipinski definition) is 3. The lowest BCUT2D eigenvalue weighted by molar-refractivity contribution is -0.196. The average molecular weight is 589 g/mol. The van der Waals surface area contributed by atoms with Crippen LogP contribution in [0.1, 0.15) is 41.5 Å². The molecule has 1 unspecified atom stereocenters. The first kappa shape index (κ1) is 28.1. The molecule has 2 saturated heterocycles. The molecule has 3 N–H and O–H groups in total. The predicted octanol–water partition coefficient (Wildman–Crippen LogP) is 3.30. The fourth-order valence-corrected chi connectivity index (χ4v) is 6.08. The van der Waals surface area contributed by atoms with Gasteiger partial charge < -0.3 is 20.3 Å². The molecule has 2 heterocycles. The fraction of sp³-hybridized carbons (Fsp3) is 0.448. The molecule has 0 aromatic heterocycles. The number of nitrogens with one attached hydrogen (secondary N) is 3. The smallest absolute Gasteiger partial charge is 0.415 e. The zero-order valence-electron chi connectivity index (χ0n) is 22.4. The SMILES string of the molecule is O=C1NC(=O)[C@]2(CCc3c2ccc(NC(=O)C2CNC2)c3CC(=O)N(Cc2ccc(F)cc2)C(C2CC2)C(F)(F)F)O1. The van der Waals surface area contributed by atoms with Crippen LogP contribution in [-0.4, -0.2) is 54.0 Å². The van der Waals surface area contributed by atoms with Crippen LogP contribution in [0.4, 0.5) is 28.0 Å². The molecule has 1 spiro atoms. The van der Waals surface area contributed by atoms with Crippen molar-refractivity contribution in [3.63, 3.8) is 0 Å². The van der Waals surface area contributed by atoms with Gasteiger partial charge in [0, 0.05) is 37.3 Å². The van der Waals surface area contributed by atoms with E-state index in [0.29, 0.717) is 42.6 Å². The van der Waals surface area contributed by atoms with Crippen molar-refractivity contribution in [1.82, 2.24) is 15.5 Å². The molecule has 4 aliphatic rings. The minimum Gasteiger partial charge on any atom is -0.427 e. The third-order valence-electron chi connectivity index (χ3n) is 8.51. The number of carbonyl (C=O) groups is 4. The summed E-state index contributed by atoms with van der Waals surface area (Å²) in [5.41, 5.74) is 0.0357. The summed E-state index contributed by atoms with van der Waals surface area (Å²) < 4.78 is 62.1. The van der Waals surface area contributed by atoms with Gasteiger partial charge in [0.25, 0.3) is 5.91 Å². The lowest BCUT2D eigenvalue weighted by Crippen LogP contribution is -2.50. The number of hydrogen-bond acceptors (Lipinski definition) is 6. The van der Waals surface area contributed by atoms with Crippen LogP contribution >= 0.6 is 0 Å². The number of nitrogens with zero attached hydrogens (tertiary/aromatic N) is 1. The summed E-state index contributed by atoms with van der Waals surface area (Å²) in [7, 11) is 0. The van der Waals surface area contributed by atoms with E-state index in [-0.39, 0.29) is 35.9 Å².